The lowest BCUT2D eigenvalue weighted by atomic mass is 10.1. The van der Waals surface area contributed by atoms with Gasteiger partial charge < -0.3 is 15.0 Å². The lowest BCUT2D eigenvalue weighted by Gasteiger charge is -2.16. The molecule has 0 aliphatic heterocycles. The van der Waals surface area contributed by atoms with Gasteiger partial charge in [0, 0.05) is 24.9 Å². The first kappa shape index (κ1) is 15.0. The van der Waals surface area contributed by atoms with Crippen LogP contribution in [0.3, 0.4) is 0 Å². The number of carbonyl (C=O) groups is 1. The molecule has 0 spiro atoms. The summed E-state index contributed by atoms with van der Waals surface area (Å²) in [6.45, 7) is -0.161. The second kappa shape index (κ2) is 6.85. The Morgan fingerprint density at radius 2 is 2.00 bits per heavy atom. The molecule has 0 aliphatic rings. The number of aliphatic hydroxyl groups excluding tert-OH is 1. The maximum absolute atomic E-state index is 12.1. The molecule has 0 bridgehead atoms. The lowest BCUT2D eigenvalue weighted by molar-refractivity contribution is 0.0916. The first-order valence-electron chi connectivity index (χ1n) is 6.72. The summed E-state index contributed by atoms with van der Waals surface area (Å²) in [5, 5.41) is 12.1. The quantitative estimate of drug-likeness (QED) is 0.850. The molecule has 1 aromatic carbocycles. The zero-order valence-electron chi connectivity index (χ0n) is 11.8. The van der Waals surface area contributed by atoms with Gasteiger partial charge in [-0.25, -0.2) is 0 Å². The molecule has 0 radical (unpaired) electrons. The molecule has 0 fully saturated rings. The molecule has 2 N–H and O–H groups in total. The molecule has 2 rings (SSSR count). The molecule has 0 unspecified atom stereocenters. The lowest BCUT2D eigenvalue weighted by Crippen LogP contribution is -2.39. The van der Waals surface area contributed by atoms with Gasteiger partial charge in [0.15, 0.2) is 0 Å². The standard InChI is InChI=1S/C16H18N2O3/c1-18-8-7-13(10-15(18)20)16(21)17-14(11-19)9-12-5-3-2-4-6-12/h2-8,10,14,19H,9,11H2,1H3,(H,17,21)/t14-/m0/s1. The van der Waals surface area contributed by atoms with Crippen LogP contribution in [-0.4, -0.2) is 28.2 Å². The summed E-state index contributed by atoms with van der Waals surface area (Å²) in [4.78, 5) is 23.6. The zero-order valence-corrected chi connectivity index (χ0v) is 11.8. The summed E-state index contributed by atoms with van der Waals surface area (Å²) < 4.78 is 1.39. The van der Waals surface area contributed by atoms with Crippen LogP contribution < -0.4 is 10.9 Å². The van der Waals surface area contributed by atoms with E-state index in [1.165, 1.54) is 10.6 Å². The Hall–Kier alpha value is -2.40. The van der Waals surface area contributed by atoms with Crippen molar-refractivity contribution in [3.63, 3.8) is 0 Å². The molecule has 1 heterocycles. The van der Waals surface area contributed by atoms with Gasteiger partial charge in [0.05, 0.1) is 12.6 Å². The number of aliphatic hydroxyl groups is 1. The smallest absolute Gasteiger partial charge is 0.251 e. The maximum Gasteiger partial charge on any atom is 0.251 e. The van der Waals surface area contributed by atoms with Gasteiger partial charge in [-0.2, -0.15) is 0 Å². The number of amides is 1. The van der Waals surface area contributed by atoms with Crippen molar-refractivity contribution in [3.05, 3.63) is 70.1 Å². The van der Waals surface area contributed by atoms with Gasteiger partial charge in [-0.1, -0.05) is 30.3 Å². The molecule has 5 heteroatoms. The van der Waals surface area contributed by atoms with Crippen LogP contribution in [0.5, 0.6) is 0 Å². The van der Waals surface area contributed by atoms with Crippen LogP contribution in [0.4, 0.5) is 0 Å². The minimum atomic E-state index is -0.385. The molecule has 110 valence electrons. The normalized spacial score (nSPS) is 11.9. The third-order valence-corrected chi connectivity index (χ3v) is 3.25. The molecular weight excluding hydrogens is 268 g/mol. The Morgan fingerprint density at radius 1 is 1.29 bits per heavy atom. The van der Waals surface area contributed by atoms with Crippen LogP contribution in [0.25, 0.3) is 0 Å². The summed E-state index contributed by atoms with van der Waals surface area (Å²) in [7, 11) is 1.62. The van der Waals surface area contributed by atoms with Crippen LogP contribution >= 0.6 is 0 Å². The van der Waals surface area contributed by atoms with E-state index < -0.39 is 0 Å². The summed E-state index contributed by atoms with van der Waals surface area (Å²) >= 11 is 0. The first-order chi connectivity index (χ1) is 10.1. The molecule has 1 aromatic heterocycles. The number of pyridine rings is 1. The fraction of sp³-hybridized carbons (Fsp3) is 0.250. The largest absolute Gasteiger partial charge is 0.394 e. The fourth-order valence-electron chi connectivity index (χ4n) is 2.02. The predicted molar refractivity (Wildman–Crippen MR) is 80.2 cm³/mol. The summed E-state index contributed by atoms with van der Waals surface area (Å²) in [5.74, 6) is -0.359. The number of carbonyl (C=O) groups excluding carboxylic acids is 1. The van der Waals surface area contributed by atoms with Gasteiger partial charge >= 0.3 is 0 Å². The monoisotopic (exact) mass is 286 g/mol. The van der Waals surface area contributed by atoms with Crippen molar-refractivity contribution in [2.75, 3.05) is 6.61 Å². The van der Waals surface area contributed by atoms with Crippen molar-refractivity contribution < 1.29 is 9.90 Å². The van der Waals surface area contributed by atoms with Crippen LogP contribution in [0.2, 0.25) is 0 Å². The molecule has 1 atom stereocenters. The van der Waals surface area contributed by atoms with E-state index in [4.69, 9.17) is 0 Å². The summed E-state index contributed by atoms with van der Waals surface area (Å²) in [6.07, 6.45) is 2.08. The first-order valence-corrected chi connectivity index (χ1v) is 6.72. The van der Waals surface area contributed by atoms with E-state index in [1.54, 1.807) is 19.3 Å². The Balaban J connectivity index is 2.05. The van der Waals surface area contributed by atoms with E-state index in [0.29, 0.717) is 12.0 Å². The van der Waals surface area contributed by atoms with Crippen molar-refractivity contribution in [1.29, 1.82) is 0 Å². The predicted octanol–water partition coefficient (Wildman–Crippen LogP) is 0.719. The van der Waals surface area contributed by atoms with Crippen molar-refractivity contribution in [1.82, 2.24) is 9.88 Å². The molecule has 0 saturated carbocycles. The van der Waals surface area contributed by atoms with Crippen LogP contribution in [0.15, 0.2) is 53.5 Å². The molecule has 2 aromatic rings. The van der Waals surface area contributed by atoms with E-state index >= 15 is 0 Å². The fourth-order valence-corrected chi connectivity index (χ4v) is 2.02. The highest BCUT2D eigenvalue weighted by Gasteiger charge is 2.14. The summed E-state index contributed by atoms with van der Waals surface area (Å²) in [6, 6.07) is 12.1. The van der Waals surface area contributed by atoms with E-state index in [1.807, 2.05) is 30.3 Å². The van der Waals surface area contributed by atoms with E-state index in [-0.39, 0.29) is 24.1 Å². The highest BCUT2D eigenvalue weighted by atomic mass is 16.3. The van der Waals surface area contributed by atoms with Gasteiger partial charge in [0.1, 0.15) is 0 Å². The molecule has 5 nitrogen and oxygen atoms in total. The van der Waals surface area contributed by atoms with E-state index in [9.17, 15) is 14.7 Å². The Kier molecular flexibility index (Phi) is 4.90. The van der Waals surface area contributed by atoms with E-state index in [0.717, 1.165) is 5.56 Å². The number of nitrogens with one attached hydrogen (secondary N) is 1. The van der Waals surface area contributed by atoms with Crippen molar-refractivity contribution in [2.45, 2.75) is 12.5 Å². The number of hydrogen-bond donors (Lipinski definition) is 2. The van der Waals surface area contributed by atoms with Crippen LogP contribution in [-0.2, 0) is 13.5 Å². The number of rotatable bonds is 5. The number of aryl methyl sites for hydroxylation is 1. The zero-order chi connectivity index (χ0) is 15.2. The summed E-state index contributed by atoms with van der Waals surface area (Å²) in [5.41, 5.74) is 1.08. The SMILES string of the molecule is Cn1ccc(C(=O)N[C@H](CO)Cc2ccccc2)cc1=O. The molecule has 0 saturated heterocycles. The average Bonchev–Trinajstić information content (AvgIpc) is 2.50. The van der Waals surface area contributed by atoms with Gasteiger partial charge in [0.2, 0.25) is 0 Å². The highest BCUT2D eigenvalue weighted by molar-refractivity contribution is 5.94. The maximum atomic E-state index is 12.1. The van der Waals surface area contributed by atoms with E-state index in [2.05, 4.69) is 5.32 Å². The minimum absolute atomic E-state index is 0.161. The Morgan fingerprint density at radius 3 is 2.62 bits per heavy atom. The third kappa shape index (κ3) is 4.03. The Labute approximate surface area is 122 Å². The second-order valence-corrected chi connectivity index (χ2v) is 4.91. The minimum Gasteiger partial charge on any atom is -0.394 e. The second-order valence-electron chi connectivity index (χ2n) is 4.91. The Bertz CT molecular complexity index is 665. The van der Waals surface area contributed by atoms with Gasteiger partial charge in [-0.05, 0) is 18.1 Å². The van der Waals surface area contributed by atoms with Gasteiger partial charge in [0.25, 0.3) is 11.5 Å². The molecule has 1 amide bonds. The van der Waals surface area contributed by atoms with Crippen molar-refractivity contribution in [2.24, 2.45) is 7.05 Å². The number of aromatic nitrogens is 1. The highest BCUT2D eigenvalue weighted by Crippen LogP contribution is 2.04. The number of benzene rings is 1. The van der Waals surface area contributed by atoms with Crippen LogP contribution in [0, 0.1) is 0 Å². The molecule has 21 heavy (non-hydrogen) atoms. The molecule has 0 aliphatic carbocycles. The average molecular weight is 286 g/mol. The van der Waals surface area contributed by atoms with Crippen molar-refractivity contribution in [3.8, 4) is 0 Å². The van der Waals surface area contributed by atoms with Crippen LogP contribution in [0.1, 0.15) is 15.9 Å². The van der Waals surface area contributed by atoms with Crippen molar-refractivity contribution >= 4 is 5.91 Å². The number of hydrogen-bond acceptors (Lipinski definition) is 3. The molecular formula is C16H18N2O3. The topological polar surface area (TPSA) is 71.3 Å². The van der Waals surface area contributed by atoms with Gasteiger partial charge in [-0.3, -0.25) is 9.59 Å². The van der Waals surface area contributed by atoms with Gasteiger partial charge in [-0.15, -0.1) is 0 Å². The number of nitrogens with zero attached hydrogens (tertiary/aromatic N) is 1. The third-order valence-electron chi connectivity index (χ3n) is 3.25.